The first-order chi connectivity index (χ1) is 6.74. The third-order valence-electron chi connectivity index (χ3n) is 2.12. The van der Waals surface area contributed by atoms with Crippen molar-refractivity contribution in [1.29, 1.82) is 0 Å². The van der Waals surface area contributed by atoms with E-state index < -0.39 is 0 Å². The summed E-state index contributed by atoms with van der Waals surface area (Å²) < 4.78 is 5.05. The highest BCUT2D eigenvalue weighted by molar-refractivity contribution is 5.08. The van der Waals surface area contributed by atoms with Crippen LogP contribution in [0, 0.1) is 5.92 Å². The molecule has 1 aromatic rings. The number of hydrogen-bond donors (Lipinski definition) is 1. The van der Waals surface area contributed by atoms with Gasteiger partial charge in [0.05, 0.1) is 0 Å². The van der Waals surface area contributed by atoms with Gasteiger partial charge in [0.15, 0.2) is 0 Å². The van der Waals surface area contributed by atoms with Crippen molar-refractivity contribution >= 4 is 0 Å². The summed E-state index contributed by atoms with van der Waals surface area (Å²) in [5.41, 5.74) is 6.97. The van der Waals surface area contributed by atoms with Crippen molar-refractivity contribution in [3.8, 4) is 0 Å². The third-order valence-corrected chi connectivity index (χ3v) is 2.12. The predicted octanol–water partition coefficient (Wildman–Crippen LogP) is 1.15. The van der Waals surface area contributed by atoms with Gasteiger partial charge in [-0.2, -0.15) is 0 Å². The molecule has 0 saturated carbocycles. The minimum absolute atomic E-state index is 0.00125. The van der Waals surface area contributed by atoms with Crippen LogP contribution < -0.4 is 5.73 Å². The van der Waals surface area contributed by atoms with Crippen molar-refractivity contribution in [2.75, 3.05) is 13.7 Å². The van der Waals surface area contributed by atoms with Crippen LogP contribution in [0.15, 0.2) is 18.7 Å². The van der Waals surface area contributed by atoms with E-state index >= 15 is 0 Å². The summed E-state index contributed by atoms with van der Waals surface area (Å²) in [7, 11) is 1.70. The molecular weight excluding hydrogens is 178 g/mol. The maximum atomic E-state index is 5.99. The molecule has 1 rings (SSSR count). The van der Waals surface area contributed by atoms with Gasteiger partial charge in [-0.1, -0.05) is 6.92 Å². The van der Waals surface area contributed by atoms with Gasteiger partial charge in [0.1, 0.15) is 6.33 Å². The van der Waals surface area contributed by atoms with E-state index in [2.05, 4.69) is 16.9 Å². The first-order valence-corrected chi connectivity index (χ1v) is 4.73. The molecule has 0 fully saturated rings. The van der Waals surface area contributed by atoms with Crippen LogP contribution in [-0.2, 0) is 4.74 Å². The molecule has 78 valence electrons. The SMILES string of the molecule is COCC(C)CC(N)c1cncnc1. The maximum absolute atomic E-state index is 5.99. The van der Waals surface area contributed by atoms with E-state index in [1.807, 2.05) is 0 Å². The fourth-order valence-corrected chi connectivity index (χ4v) is 1.42. The van der Waals surface area contributed by atoms with Crippen LogP contribution in [-0.4, -0.2) is 23.7 Å². The molecular formula is C10H17N3O. The Balaban J connectivity index is 2.46. The normalized spacial score (nSPS) is 15.1. The zero-order valence-electron chi connectivity index (χ0n) is 8.68. The minimum atomic E-state index is 0.00125. The first kappa shape index (κ1) is 11.1. The van der Waals surface area contributed by atoms with Crippen LogP contribution in [0.2, 0.25) is 0 Å². The van der Waals surface area contributed by atoms with Gasteiger partial charge in [0, 0.05) is 37.7 Å². The lowest BCUT2D eigenvalue weighted by Gasteiger charge is -2.15. The van der Waals surface area contributed by atoms with Crippen LogP contribution in [0.1, 0.15) is 24.9 Å². The average molecular weight is 195 g/mol. The average Bonchev–Trinajstić information content (AvgIpc) is 2.19. The predicted molar refractivity (Wildman–Crippen MR) is 54.6 cm³/mol. The second-order valence-corrected chi connectivity index (χ2v) is 3.57. The third kappa shape index (κ3) is 3.40. The Hall–Kier alpha value is -1.00. The van der Waals surface area contributed by atoms with Gasteiger partial charge in [0.25, 0.3) is 0 Å². The zero-order valence-corrected chi connectivity index (χ0v) is 8.68. The van der Waals surface area contributed by atoms with Crippen molar-refractivity contribution in [2.45, 2.75) is 19.4 Å². The van der Waals surface area contributed by atoms with Gasteiger partial charge in [-0.25, -0.2) is 9.97 Å². The van der Waals surface area contributed by atoms with E-state index in [-0.39, 0.29) is 6.04 Å². The zero-order chi connectivity index (χ0) is 10.4. The molecule has 0 saturated heterocycles. The quantitative estimate of drug-likeness (QED) is 0.765. The summed E-state index contributed by atoms with van der Waals surface area (Å²) in [5.74, 6) is 0.454. The standard InChI is InChI=1S/C10H17N3O/c1-8(6-14-2)3-10(11)9-4-12-7-13-5-9/h4-5,7-8,10H,3,6,11H2,1-2H3. The van der Waals surface area contributed by atoms with Gasteiger partial charge in [-0.3, -0.25) is 0 Å². The summed E-state index contributed by atoms with van der Waals surface area (Å²) >= 11 is 0. The molecule has 0 spiro atoms. The molecule has 2 N–H and O–H groups in total. The highest BCUT2D eigenvalue weighted by atomic mass is 16.5. The highest BCUT2D eigenvalue weighted by Crippen LogP contribution is 2.17. The lowest BCUT2D eigenvalue weighted by Crippen LogP contribution is -2.16. The lowest BCUT2D eigenvalue weighted by atomic mass is 9.99. The van der Waals surface area contributed by atoms with Crippen molar-refractivity contribution in [3.05, 3.63) is 24.3 Å². The van der Waals surface area contributed by atoms with Crippen molar-refractivity contribution in [2.24, 2.45) is 11.7 Å². The molecule has 2 atom stereocenters. The topological polar surface area (TPSA) is 61.0 Å². The van der Waals surface area contributed by atoms with E-state index in [0.29, 0.717) is 5.92 Å². The van der Waals surface area contributed by atoms with Gasteiger partial charge in [-0.15, -0.1) is 0 Å². The molecule has 0 radical (unpaired) electrons. The molecule has 4 heteroatoms. The van der Waals surface area contributed by atoms with Gasteiger partial charge in [-0.05, 0) is 12.3 Å². The summed E-state index contributed by atoms with van der Waals surface area (Å²) in [4.78, 5) is 7.87. The molecule has 14 heavy (non-hydrogen) atoms. The molecule has 0 aliphatic carbocycles. The fourth-order valence-electron chi connectivity index (χ4n) is 1.42. The van der Waals surface area contributed by atoms with Crippen molar-refractivity contribution < 1.29 is 4.74 Å². The Morgan fingerprint density at radius 2 is 2.07 bits per heavy atom. The summed E-state index contributed by atoms with van der Waals surface area (Å²) in [6.07, 6.45) is 5.92. The van der Waals surface area contributed by atoms with Crippen LogP contribution in [0.5, 0.6) is 0 Å². The van der Waals surface area contributed by atoms with Crippen LogP contribution in [0.4, 0.5) is 0 Å². The maximum Gasteiger partial charge on any atom is 0.115 e. The van der Waals surface area contributed by atoms with Gasteiger partial charge in [0.2, 0.25) is 0 Å². The summed E-state index contributed by atoms with van der Waals surface area (Å²) in [6, 6.07) is 0.00125. The van der Waals surface area contributed by atoms with Crippen molar-refractivity contribution in [3.63, 3.8) is 0 Å². The Kier molecular flexibility index (Phi) is 4.49. The number of rotatable bonds is 5. The first-order valence-electron chi connectivity index (χ1n) is 4.73. The van der Waals surface area contributed by atoms with Crippen LogP contribution in [0.25, 0.3) is 0 Å². The van der Waals surface area contributed by atoms with E-state index in [1.54, 1.807) is 19.5 Å². The Morgan fingerprint density at radius 3 is 2.64 bits per heavy atom. The Morgan fingerprint density at radius 1 is 1.43 bits per heavy atom. The minimum Gasteiger partial charge on any atom is -0.384 e. The number of methoxy groups -OCH3 is 1. The van der Waals surface area contributed by atoms with Gasteiger partial charge < -0.3 is 10.5 Å². The van der Waals surface area contributed by atoms with Crippen molar-refractivity contribution in [1.82, 2.24) is 9.97 Å². The van der Waals surface area contributed by atoms with E-state index in [1.165, 1.54) is 6.33 Å². The molecule has 0 aliphatic heterocycles. The number of ether oxygens (including phenoxy) is 1. The second kappa shape index (κ2) is 5.67. The number of nitrogens with zero attached hydrogens (tertiary/aromatic N) is 2. The highest BCUT2D eigenvalue weighted by Gasteiger charge is 2.11. The van der Waals surface area contributed by atoms with Crippen LogP contribution in [0.3, 0.4) is 0 Å². The largest absolute Gasteiger partial charge is 0.384 e. The van der Waals surface area contributed by atoms with Gasteiger partial charge >= 0.3 is 0 Å². The molecule has 2 unspecified atom stereocenters. The van der Waals surface area contributed by atoms with E-state index in [0.717, 1.165) is 18.6 Å². The Labute approximate surface area is 84.5 Å². The molecule has 0 aliphatic rings. The molecule has 4 nitrogen and oxygen atoms in total. The summed E-state index contributed by atoms with van der Waals surface area (Å²) in [6.45, 7) is 2.86. The molecule has 0 amide bonds. The molecule has 1 heterocycles. The monoisotopic (exact) mass is 195 g/mol. The van der Waals surface area contributed by atoms with E-state index in [9.17, 15) is 0 Å². The van der Waals surface area contributed by atoms with E-state index in [4.69, 9.17) is 10.5 Å². The molecule has 0 bridgehead atoms. The lowest BCUT2D eigenvalue weighted by molar-refractivity contribution is 0.152. The Bertz CT molecular complexity index is 253. The van der Waals surface area contributed by atoms with Crippen LogP contribution >= 0.6 is 0 Å². The molecule has 0 aromatic carbocycles. The molecule has 1 aromatic heterocycles. The summed E-state index contributed by atoms with van der Waals surface area (Å²) in [5, 5.41) is 0. The number of hydrogen-bond acceptors (Lipinski definition) is 4. The second-order valence-electron chi connectivity index (χ2n) is 3.57. The number of nitrogens with two attached hydrogens (primary N) is 1. The smallest absolute Gasteiger partial charge is 0.115 e. The number of aromatic nitrogens is 2. The fraction of sp³-hybridized carbons (Fsp3) is 0.600.